The molecule has 1 aliphatic carbocycles. The van der Waals surface area contributed by atoms with Gasteiger partial charge in [-0.15, -0.1) is 0 Å². The summed E-state index contributed by atoms with van der Waals surface area (Å²) in [4.78, 5) is 23.8. The summed E-state index contributed by atoms with van der Waals surface area (Å²) in [6.45, 7) is 0. The Morgan fingerprint density at radius 1 is 1.08 bits per heavy atom. The molecule has 0 aliphatic heterocycles. The number of hydrogen-bond donors (Lipinski definition) is 2. The van der Waals surface area contributed by atoms with E-state index in [1.165, 1.54) is 11.1 Å². The van der Waals surface area contributed by atoms with Gasteiger partial charge >= 0.3 is 0 Å². The molecule has 0 fully saturated rings. The Bertz CT molecular complexity index is 794. The summed E-state index contributed by atoms with van der Waals surface area (Å²) in [7, 11) is 1.60. The van der Waals surface area contributed by atoms with Gasteiger partial charge in [0.15, 0.2) is 0 Å². The first-order valence-electron chi connectivity index (χ1n) is 8.56. The van der Waals surface area contributed by atoms with Crippen LogP contribution in [0.15, 0.2) is 54.6 Å². The van der Waals surface area contributed by atoms with E-state index in [2.05, 4.69) is 22.8 Å². The molecule has 0 spiro atoms. The van der Waals surface area contributed by atoms with Crippen LogP contribution < -0.4 is 10.6 Å². The Labute approximate surface area is 148 Å². The van der Waals surface area contributed by atoms with Crippen molar-refractivity contribution in [2.24, 2.45) is 0 Å². The maximum absolute atomic E-state index is 12.3. The molecule has 2 N–H and O–H groups in total. The fourth-order valence-electron chi connectivity index (χ4n) is 3.19. The van der Waals surface area contributed by atoms with Gasteiger partial charge in [0.05, 0.1) is 6.04 Å². The molecule has 0 heterocycles. The number of nitrogens with one attached hydrogen (secondary N) is 2. The minimum absolute atomic E-state index is 0.0812. The number of carbonyl (C=O) groups is 2. The lowest BCUT2D eigenvalue weighted by molar-refractivity contribution is -0.117. The first-order valence-corrected chi connectivity index (χ1v) is 8.56. The first kappa shape index (κ1) is 17.0. The lowest BCUT2D eigenvalue weighted by Gasteiger charge is -2.25. The highest BCUT2D eigenvalue weighted by Crippen LogP contribution is 2.29. The SMILES string of the molecule is CNC(=O)c1ccc(/C=C/C(=O)NC2CCCc3ccccc32)cc1. The molecule has 0 saturated heterocycles. The maximum atomic E-state index is 12.3. The second kappa shape index (κ2) is 7.79. The Hall–Kier alpha value is -2.88. The smallest absolute Gasteiger partial charge is 0.251 e. The summed E-state index contributed by atoms with van der Waals surface area (Å²) in [5, 5.41) is 5.68. The summed E-state index contributed by atoms with van der Waals surface area (Å²) in [6, 6.07) is 15.5. The van der Waals surface area contributed by atoms with Crippen molar-refractivity contribution in [3.63, 3.8) is 0 Å². The molecular weight excluding hydrogens is 312 g/mol. The van der Waals surface area contributed by atoms with Gasteiger partial charge in [-0.25, -0.2) is 0 Å². The van der Waals surface area contributed by atoms with E-state index in [9.17, 15) is 9.59 Å². The van der Waals surface area contributed by atoms with Gasteiger partial charge in [0.25, 0.3) is 5.91 Å². The molecule has 0 radical (unpaired) electrons. The predicted molar refractivity (Wildman–Crippen MR) is 99.1 cm³/mol. The highest BCUT2D eigenvalue weighted by Gasteiger charge is 2.20. The molecule has 0 bridgehead atoms. The topological polar surface area (TPSA) is 58.2 Å². The fraction of sp³-hybridized carbons (Fsp3) is 0.238. The van der Waals surface area contributed by atoms with Gasteiger partial charge in [0.1, 0.15) is 0 Å². The average Bonchev–Trinajstić information content (AvgIpc) is 2.66. The monoisotopic (exact) mass is 334 g/mol. The third-order valence-electron chi connectivity index (χ3n) is 4.51. The molecule has 4 nitrogen and oxygen atoms in total. The zero-order valence-electron chi connectivity index (χ0n) is 14.3. The van der Waals surface area contributed by atoms with Crippen LogP contribution in [-0.4, -0.2) is 18.9 Å². The van der Waals surface area contributed by atoms with Crippen LogP contribution in [0.5, 0.6) is 0 Å². The normalized spacial score (nSPS) is 16.3. The predicted octanol–water partition coefficient (Wildman–Crippen LogP) is 3.25. The lowest BCUT2D eigenvalue weighted by Crippen LogP contribution is -2.29. The molecule has 3 rings (SSSR count). The minimum atomic E-state index is -0.121. The minimum Gasteiger partial charge on any atom is -0.355 e. The summed E-state index contributed by atoms with van der Waals surface area (Å²) < 4.78 is 0. The standard InChI is InChI=1S/C21H22N2O2/c1-22-21(25)17-12-9-15(10-13-17)11-14-20(24)23-19-8-4-6-16-5-2-3-7-18(16)19/h2-3,5,7,9-14,19H,4,6,8H2,1H3,(H,22,25)(H,23,24)/b14-11+. The lowest BCUT2D eigenvalue weighted by atomic mass is 9.88. The van der Waals surface area contributed by atoms with E-state index in [0.717, 1.165) is 24.8 Å². The number of carbonyl (C=O) groups excluding carboxylic acids is 2. The molecule has 1 unspecified atom stereocenters. The van der Waals surface area contributed by atoms with Crippen molar-refractivity contribution in [2.75, 3.05) is 7.05 Å². The molecule has 2 amide bonds. The van der Waals surface area contributed by atoms with Gasteiger partial charge in [-0.3, -0.25) is 9.59 Å². The van der Waals surface area contributed by atoms with E-state index in [1.54, 1.807) is 31.3 Å². The molecule has 2 aromatic carbocycles. The van der Waals surface area contributed by atoms with Gasteiger partial charge in [0.2, 0.25) is 5.91 Å². The quantitative estimate of drug-likeness (QED) is 0.843. The third kappa shape index (κ3) is 4.15. The Kier molecular flexibility index (Phi) is 5.29. The Morgan fingerprint density at radius 3 is 2.60 bits per heavy atom. The van der Waals surface area contributed by atoms with Gasteiger partial charge in [0, 0.05) is 18.7 Å². The van der Waals surface area contributed by atoms with E-state index in [4.69, 9.17) is 0 Å². The van der Waals surface area contributed by atoms with Crippen LogP contribution in [0.25, 0.3) is 6.08 Å². The molecular formula is C21H22N2O2. The number of benzene rings is 2. The summed E-state index contributed by atoms with van der Waals surface area (Å²) in [5.74, 6) is -0.221. The number of amides is 2. The second-order valence-corrected chi connectivity index (χ2v) is 6.19. The van der Waals surface area contributed by atoms with Crippen LogP contribution in [-0.2, 0) is 11.2 Å². The summed E-state index contributed by atoms with van der Waals surface area (Å²) in [6.07, 6.45) is 6.45. The van der Waals surface area contributed by atoms with Crippen LogP contribution in [0.1, 0.15) is 45.9 Å². The zero-order valence-corrected chi connectivity index (χ0v) is 14.3. The largest absolute Gasteiger partial charge is 0.355 e. The third-order valence-corrected chi connectivity index (χ3v) is 4.51. The number of aryl methyl sites for hydroxylation is 1. The maximum Gasteiger partial charge on any atom is 0.251 e. The van der Waals surface area contributed by atoms with Crippen molar-refractivity contribution in [2.45, 2.75) is 25.3 Å². The summed E-state index contributed by atoms with van der Waals surface area (Å²) in [5.41, 5.74) is 4.04. The van der Waals surface area contributed by atoms with Crippen LogP contribution >= 0.6 is 0 Å². The number of hydrogen-bond acceptors (Lipinski definition) is 2. The zero-order chi connectivity index (χ0) is 17.6. The van der Waals surface area contributed by atoms with Crippen molar-refractivity contribution in [1.82, 2.24) is 10.6 Å². The number of rotatable bonds is 4. The van der Waals surface area contributed by atoms with E-state index < -0.39 is 0 Å². The van der Waals surface area contributed by atoms with Crippen LogP contribution in [0.4, 0.5) is 0 Å². The molecule has 0 saturated carbocycles. The van der Waals surface area contributed by atoms with Gasteiger partial charge in [-0.05, 0) is 54.2 Å². The molecule has 2 aromatic rings. The van der Waals surface area contributed by atoms with Crippen LogP contribution in [0.3, 0.4) is 0 Å². The van der Waals surface area contributed by atoms with Gasteiger partial charge in [-0.2, -0.15) is 0 Å². The Morgan fingerprint density at radius 2 is 1.84 bits per heavy atom. The van der Waals surface area contributed by atoms with E-state index in [0.29, 0.717) is 5.56 Å². The van der Waals surface area contributed by atoms with Gasteiger partial charge < -0.3 is 10.6 Å². The molecule has 128 valence electrons. The molecule has 25 heavy (non-hydrogen) atoms. The molecule has 1 aliphatic rings. The van der Waals surface area contributed by atoms with E-state index in [1.807, 2.05) is 24.3 Å². The molecule has 0 aromatic heterocycles. The van der Waals surface area contributed by atoms with Gasteiger partial charge in [-0.1, -0.05) is 36.4 Å². The Balaban J connectivity index is 1.63. The fourth-order valence-corrected chi connectivity index (χ4v) is 3.19. The van der Waals surface area contributed by atoms with Crippen molar-refractivity contribution in [3.8, 4) is 0 Å². The molecule has 1 atom stereocenters. The van der Waals surface area contributed by atoms with Crippen molar-refractivity contribution in [3.05, 3.63) is 76.9 Å². The van der Waals surface area contributed by atoms with E-state index in [-0.39, 0.29) is 17.9 Å². The van der Waals surface area contributed by atoms with Crippen LogP contribution in [0.2, 0.25) is 0 Å². The summed E-state index contributed by atoms with van der Waals surface area (Å²) >= 11 is 0. The molecule has 4 heteroatoms. The van der Waals surface area contributed by atoms with Crippen LogP contribution in [0, 0.1) is 0 Å². The highest BCUT2D eigenvalue weighted by atomic mass is 16.2. The second-order valence-electron chi connectivity index (χ2n) is 6.19. The van der Waals surface area contributed by atoms with E-state index >= 15 is 0 Å². The first-order chi connectivity index (χ1) is 12.2. The average molecular weight is 334 g/mol. The number of fused-ring (bicyclic) bond motifs is 1. The van der Waals surface area contributed by atoms with Crippen molar-refractivity contribution in [1.29, 1.82) is 0 Å². The van der Waals surface area contributed by atoms with Crippen molar-refractivity contribution >= 4 is 17.9 Å². The highest BCUT2D eigenvalue weighted by molar-refractivity contribution is 5.95. The van der Waals surface area contributed by atoms with Crippen molar-refractivity contribution < 1.29 is 9.59 Å².